The standard InChI is InChI=1S/C13H23N3O2/c1-17-8-6-16(7-9-18-2)13(10-14)12-4-3-5-15-11-12/h3-5,11,13H,6-10,14H2,1-2H3. The highest BCUT2D eigenvalue weighted by atomic mass is 16.5. The number of nitrogens with zero attached hydrogens (tertiary/aromatic N) is 2. The highest BCUT2D eigenvalue weighted by Gasteiger charge is 2.18. The number of hydrogen-bond acceptors (Lipinski definition) is 5. The van der Waals surface area contributed by atoms with Gasteiger partial charge in [0.05, 0.1) is 13.2 Å². The third-order valence-corrected chi connectivity index (χ3v) is 2.90. The van der Waals surface area contributed by atoms with Crippen LogP contribution in [-0.2, 0) is 9.47 Å². The topological polar surface area (TPSA) is 60.6 Å². The summed E-state index contributed by atoms with van der Waals surface area (Å²) in [6, 6.07) is 4.14. The lowest BCUT2D eigenvalue weighted by Crippen LogP contribution is -2.38. The maximum atomic E-state index is 5.90. The lowest BCUT2D eigenvalue weighted by Gasteiger charge is -2.30. The maximum Gasteiger partial charge on any atom is 0.0589 e. The van der Waals surface area contributed by atoms with Gasteiger partial charge in [-0.05, 0) is 11.6 Å². The van der Waals surface area contributed by atoms with Crippen LogP contribution >= 0.6 is 0 Å². The van der Waals surface area contributed by atoms with Gasteiger partial charge >= 0.3 is 0 Å². The van der Waals surface area contributed by atoms with Crippen molar-refractivity contribution in [1.29, 1.82) is 0 Å². The fraction of sp³-hybridized carbons (Fsp3) is 0.615. The predicted molar refractivity (Wildman–Crippen MR) is 71.4 cm³/mol. The van der Waals surface area contributed by atoms with E-state index in [0.717, 1.165) is 18.7 Å². The van der Waals surface area contributed by atoms with Crippen LogP contribution in [0.25, 0.3) is 0 Å². The van der Waals surface area contributed by atoms with E-state index < -0.39 is 0 Å². The molecule has 0 bridgehead atoms. The molecule has 18 heavy (non-hydrogen) atoms. The van der Waals surface area contributed by atoms with Gasteiger partial charge in [-0.1, -0.05) is 6.07 Å². The highest BCUT2D eigenvalue weighted by Crippen LogP contribution is 2.18. The first-order valence-electron chi connectivity index (χ1n) is 6.15. The van der Waals surface area contributed by atoms with E-state index in [4.69, 9.17) is 15.2 Å². The summed E-state index contributed by atoms with van der Waals surface area (Å²) in [5, 5.41) is 0. The molecular weight excluding hydrogens is 230 g/mol. The Morgan fingerprint density at radius 2 is 1.94 bits per heavy atom. The van der Waals surface area contributed by atoms with Crippen molar-refractivity contribution in [2.24, 2.45) is 5.73 Å². The highest BCUT2D eigenvalue weighted by molar-refractivity contribution is 5.14. The number of ether oxygens (including phenoxy) is 2. The number of rotatable bonds is 9. The van der Waals surface area contributed by atoms with Crippen LogP contribution in [0.3, 0.4) is 0 Å². The number of nitrogens with two attached hydrogens (primary N) is 1. The fourth-order valence-corrected chi connectivity index (χ4v) is 1.91. The van der Waals surface area contributed by atoms with Crippen molar-refractivity contribution in [3.63, 3.8) is 0 Å². The zero-order valence-electron chi connectivity index (χ0n) is 11.2. The molecule has 0 fully saturated rings. The molecule has 0 aromatic carbocycles. The Morgan fingerprint density at radius 1 is 1.28 bits per heavy atom. The fourth-order valence-electron chi connectivity index (χ4n) is 1.91. The quantitative estimate of drug-likeness (QED) is 0.701. The van der Waals surface area contributed by atoms with Gasteiger partial charge < -0.3 is 15.2 Å². The van der Waals surface area contributed by atoms with Crippen molar-refractivity contribution >= 4 is 0 Å². The molecule has 1 rings (SSSR count). The average molecular weight is 253 g/mol. The molecule has 1 atom stereocenters. The van der Waals surface area contributed by atoms with Crippen LogP contribution < -0.4 is 5.73 Å². The Kier molecular flexibility index (Phi) is 7.52. The molecule has 1 aromatic heterocycles. The Bertz CT molecular complexity index is 300. The average Bonchev–Trinajstić information content (AvgIpc) is 2.43. The molecular formula is C13H23N3O2. The summed E-state index contributed by atoms with van der Waals surface area (Å²) in [5.74, 6) is 0. The first kappa shape index (κ1) is 15.0. The summed E-state index contributed by atoms with van der Waals surface area (Å²) in [4.78, 5) is 6.42. The third-order valence-electron chi connectivity index (χ3n) is 2.90. The van der Waals surface area contributed by atoms with E-state index in [0.29, 0.717) is 19.8 Å². The lowest BCUT2D eigenvalue weighted by atomic mass is 10.1. The summed E-state index contributed by atoms with van der Waals surface area (Å²) in [6.07, 6.45) is 3.63. The first-order valence-corrected chi connectivity index (χ1v) is 6.15. The molecule has 1 unspecified atom stereocenters. The lowest BCUT2D eigenvalue weighted by molar-refractivity contribution is 0.0890. The molecule has 0 saturated heterocycles. The molecule has 0 spiro atoms. The maximum absolute atomic E-state index is 5.90. The van der Waals surface area contributed by atoms with Gasteiger partial charge in [0.15, 0.2) is 0 Å². The van der Waals surface area contributed by atoms with Gasteiger partial charge in [0.1, 0.15) is 0 Å². The molecule has 0 aliphatic carbocycles. The van der Waals surface area contributed by atoms with Crippen LogP contribution in [0.5, 0.6) is 0 Å². The summed E-state index contributed by atoms with van der Waals surface area (Å²) >= 11 is 0. The second kappa shape index (κ2) is 8.99. The van der Waals surface area contributed by atoms with Crippen molar-refractivity contribution in [3.8, 4) is 0 Å². The predicted octanol–water partition coefficient (Wildman–Crippen LogP) is 0.676. The van der Waals surface area contributed by atoms with E-state index in [2.05, 4.69) is 16.0 Å². The SMILES string of the molecule is COCCN(CCOC)C(CN)c1cccnc1. The molecule has 0 amide bonds. The Balaban J connectivity index is 2.72. The van der Waals surface area contributed by atoms with Gasteiger partial charge in [-0.2, -0.15) is 0 Å². The summed E-state index contributed by atoms with van der Waals surface area (Å²) < 4.78 is 10.3. The second-order valence-electron chi connectivity index (χ2n) is 4.06. The van der Waals surface area contributed by atoms with Crippen molar-refractivity contribution in [3.05, 3.63) is 30.1 Å². The molecule has 1 heterocycles. The van der Waals surface area contributed by atoms with E-state index in [1.807, 2.05) is 12.3 Å². The van der Waals surface area contributed by atoms with E-state index >= 15 is 0 Å². The third kappa shape index (κ3) is 4.70. The molecule has 5 nitrogen and oxygen atoms in total. The number of pyridine rings is 1. The van der Waals surface area contributed by atoms with Gasteiger partial charge in [0.25, 0.3) is 0 Å². The molecule has 102 valence electrons. The van der Waals surface area contributed by atoms with Gasteiger partial charge in [0, 0.05) is 52.3 Å². The van der Waals surface area contributed by atoms with Crippen LogP contribution in [0.1, 0.15) is 11.6 Å². The van der Waals surface area contributed by atoms with Gasteiger partial charge in [0.2, 0.25) is 0 Å². The molecule has 0 saturated carbocycles. The van der Waals surface area contributed by atoms with Crippen molar-refractivity contribution in [2.75, 3.05) is 47.1 Å². The molecule has 0 aliphatic heterocycles. The molecule has 5 heteroatoms. The van der Waals surface area contributed by atoms with Gasteiger partial charge in [-0.3, -0.25) is 9.88 Å². The summed E-state index contributed by atoms with van der Waals surface area (Å²) in [7, 11) is 3.41. The van der Waals surface area contributed by atoms with Crippen molar-refractivity contribution in [2.45, 2.75) is 6.04 Å². The number of aromatic nitrogens is 1. The van der Waals surface area contributed by atoms with E-state index in [-0.39, 0.29) is 6.04 Å². The van der Waals surface area contributed by atoms with Crippen LogP contribution in [0.15, 0.2) is 24.5 Å². The van der Waals surface area contributed by atoms with E-state index in [9.17, 15) is 0 Å². The first-order chi connectivity index (χ1) is 8.83. The van der Waals surface area contributed by atoms with Crippen LogP contribution in [0.4, 0.5) is 0 Å². The monoisotopic (exact) mass is 253 g/mol. The minimum absolute atomic E-state index is 0.156. The van der Waals surface area contributed by atoms with Crippen LogP contribution in [-0.4, -0.2) is 57.0 Å². The Hall–Kier alpha value is -1.01. The molecule has 2 N–H and O–H groups in total. The Morgan fingerprint density at radius 3 is 2.39 bits per heavy atom. The van der Waals surface area contributed by atoms with Crippen LogP contribution in [0, 0.1) is 0 Å². The normalized spacial score (nSPS) is 12.9. The molecule has 0 radical (unpaired) electrons. The smallest absolute Gasteiger partial charge is 0.0589 e. The van der Waals surface area contributed by atoms with Gasteiger partial charge in [-0.25, -0.2) is 0 Å². The number of methoxy groups -OCH3 is 2. The summed E-state index contributed by atoms with van der Waals surface area (Å²) in [6.45, 7) is 3.58. The van der Waals surface area contributed by atoms with Crippen molar-refractivity contribution < 1.29 is 9.47 Å². The zero-order valence-corrected chi connectivity index (χ0v) is 11.2. The second-order valence-corrected chi connectivity index (χ2v) is 4.06. The van der Waals surface area contributed by atoms with Gasteiger partial charge in [-0.15, -0.1) is 0 Å². The zero-order chi connectivity index (χ0) is 13.2. The largest absolute Gasteiger partial charge is 0.383 e. The van der Waals surface area contributed by atoms with E-state index in [1.54, 1.807) is 20.4 Å². The minimum atomic E-state index is 0.156. The van der Waals surface area contributed by atoms with Crippen LogP contribution in [0.2, 0.25) is 0 Å². The molecule has 1 aromatic rings. The number of hydrogen-bond donors (Lipinski definition) is 1. The van der Waals surface area contributed by atoms with E-state index in [1.165, 1.54) is 0 Å². The molecule has 0 aliphatic rings. The van der Waals surface area contributed by atoms with Crippen molar-refractivity contribution in [1.82, 2.24) is 9.88 Å². The Labute approximate surface area is 109 Å². The minimum Gasteiger partial charge on any atom is -0.383 e. The summed E-state index contributed by atoms with van der Waals surface area (Å²) in [5.41, 5.74) is 7.03.